The number of hydrogen-bond donors (Lipinski definition) is 0. The van der Waals surface area contributed by atoms with Crippen LogP contribution in [0.1, 0.15) is 35.4 Å². The van der Waals surface area contributed by atoms with Crippen LogP contribution >= 0.6 is 0 Å². The van der Waals surface area contributed by atoms with E-state index in [0.29, 0.717) is 57.0 Å². The first-order valence-corrected chi connectivity index (χ1v) is 13.2. The number of carbonyl (C=O) groups is 1. The van der Waals surface area contributed by atoms with Crippen molar-refractivity contribution in [2.75, 3.05) is 14.2 Å². The van der Waals surface area contributed by atoms with E-state index in [4.69, 9.17) is 18.6 Å². The molecule has 200 valence electrons. The molecule has 0 radical (unpaired) electrons. The van der Waals surface area contributed by atoms with Crippen molar-refractivity contribution in [3.63, 3.8) is 0 Å². The molecular weight excluding hydrogens is 510 g/mol. The smallest absolute Gasteiger partial charge is 0.312 e. The molecule has 5 aromatic rings. The number of para-hydroxylation sites is 1. The standard InChI is InChI=1S/C32H25NO7/c1-37-24-10-8-18(14-26(24)38-2)23-16-39-31-20(30(23)35)9-11-25-28(31)21(15-27(34)40-25)22-13-19-6-3-5-17-7-4-12-33(29(17)19)32(22)36/h3,5-6,8-11,13-14,16,21H,4,7,12,15H2,1-2H3. The molecule has 0 aliphatic carbocycles. The van der Waals surface area contributed by atoms with Crippen molar-refractivity contribution in [1.29, 1.82) is 0 Å². The quantitative estimate of drug-likeness (QED) is 0.231. The van der Waals surface area contributed by atoms with Crippen molar-refractivity contribution in [3.05, 3.63) is 98.1 Å². The molecule has 2 aliphatic rings. The van der Waals surface area contributed by atoms with E-state index < -0.39 is 11.9 Å². The second kappa shape index (κ2) is 9.12. The fraction of sp³-hybridized carbons (Fsp3) is 0.219. The Balaban J connectivity index is 1.44. The largest absolute Gasteiger partial charge is 0.493 e. The Labute approximate surface area is 228 Å². The number of aromatic nitrogens is 1. The van der Waals surface area contributed by atoms with Crippen LogP contribution in [0, 0.1) is 0 Å². The van der Waals surface area contributed by atoms with Gasteiger partial charge >= 0.3 is 5.97 Å². The average Bonchev–Trinajstić information content (AvgIpc) is 2.98. The number of pyridine rings is 1. The highest BCUT2D eigenvalue weighted by Crippen LogP contribution is 2.43. The second-order valence-electron chi connectivity index (χ2n) is 10.1. The highest BCUT2D eigenvalue weighted by Gasteiger charge is 2.34. The second-order valence-corrected chi connectivity index (χ2v) is 10.1. The number of carbonyl (C=O) groups excluding carboxylic acids is 1. The van der Waals surface area contributed by atoms with Gasteiger partial charge in [-0.05, 0) is 59.7 Å². The van der Waals surface area contributed by atoms with Crippen molar-refractivity contribution >= 4 is 27.8 Å². The van der Waals surface area contributed by atoms with E-state index >= 15 is 0 Å². The molecule has 0 spiro atoms. The number of methoxy groups -OCH3 is 2. The van der Waals surface area contributed by atoms with Crippen LogP contribution in [0.3, 0.4) is 0 Å². The Hall–Kier alpha value is -4.85. The summed E-state index contributed by atoms with van der Waals surface area (Å²) in [6, 6.07) is 16.3. The predicted octanol–water partition coefficient (Wildman–Crippen LogP) is 5.18. The summed E-state index contributed by atoms with van der Waals surface area (Å²) in [7, 11) is 3.08. The lowest BCUT2D eigenvalue weighted by Crippen LogP contribution is -2.31. The summed E-state index contributed by atoms with van der Waals surface area (Å²) in [6.45, 7) is 0.615. The van der Waals surface area contributed by atoms with Crippen molar-refractivity contribution in [2.45, 2.75) is 31.7 Å². The normalized spacial score (nSPS) is 16.1. The summed E-state index contributed by atoms with van der Waals surface area (Å²) in [5.41, 5.74) is 4.00. The minimum absolute atomic E-state index is 0.0340. The van der Waals surface area contributed by atoms with Crippen molar-refractivity contribution in [2.24, 2.45) is 0 Å². The molecule has 4 heterocycles. The number of aryl methyl sites for hydroxylation is 2. The lowest BCUT2D eigenvalue weighted by molar-refractivity contribution is -0.135. The lowest BCUT2D eigenvalue weighted by atomic mass is 9.84. The minimum Gasteiger partial charge on any atom is -0.493 e. The monoisotopic (exact) mass is 535 g/mol. The highest BCUT2D eigenvalue weighted by molar-refractivity contribution is 5.91. The molecule has 2 aromatic heterocycles. The van der Waals surface area contributed by atoms with E-state index in [9.17, 15) is 14.4 Å². The van der Waals surface area contributed by atoms with Crippen molar-refractivity contribution in [1.82, 2.24) is 4.57 Å². The van der Waals surface area contributed by atoms with Gasteiger partial charge in [-0.1, -0.05) is 24.3 Å². The van der Waals surface area contributed by atoms with Crippen LogP contribution in [0.5, 0.6) is 17.2 Å². The molecule has 8 heteroatoms. The topological polar surface area (TPSA) is 97.0 Å². The molecule has 40 heavy (non-hydrogen) atoms. The molecule has 0 bridgehead atoms. The van der Waals surface area contributed by atoms with E-state index in [1.54, 1.807) is 37.4 Å². The van der Waals surface area contributed by atoms with Crippen molar-refractivity contribution in [3.8, 4) is 28.4 Å². The van der Waals surface area contributed by atoms with E-state index in [1.165, 1.54) is 13.4 Å². The van der Waals surface area contributed by atoms with Crippen LogP contribution in [-0.4, -0.2) is 24.8 Å². The maximum atomic E-state index is 13.9. The van der Waals surface area contributed by atoms with Crippen LogP contribution in [0.15, 0.2) is 74.9 Å². The average molecular weight is 536 g/mol. The fourth-order valence-corrected chi connectivity index (χ4v) is 6.16. The maximum absolute atomic E-state index is 13.9. The van der Waals surface area contributed by atoms with Gasteiger partial charge in [0.15, 0.2) is 11.5 Å². The van der Waals surface area contributed by atoms with Gasteiger partial charge in [0.05, 0.1) is 37.1 Å². The zero-order valence-electron chi connectivity index (χ0n) is 22.0. The Kier molecular flexibility index (Phi) is 5.52. The molecule has 0 amide bonds. The third-order valence-electron chi connectivity index (χ3n) is 8.00. The van der Waals surface area contributed by atoms with Gasteiger partial charge in [0.2, 0.25) is 5.43 Å². The van der Waals surface area contributed by atoms with Gasteiger partial charge in [-0.3, -0.25) is 14.4 Å². The zero-order chi connectivity index (χ0) is 27.5. The summed E-state index contributed by atoms with van der Waals surface area (Å²) in [5, 5.41) is 1.28. The molecule has 1 atom stereocenters. The first-order chi connectivity index (χ1) is 19.5. The van der Waals surface area contributed by atoms with Gasteiger partial charge in [-0.15, -0.1) is 0 Å². The summed E-state index contributed by atoms with van der Waals surface area (Å²) in [6.07, 6.45) is 3.17. The molecule has 0 fully saturated rings. The van der Waals surface area contributed by atoms with Crippen LogP contribution in [0.2, 0.25) is 0 Å². The molecule has 3 aromatic carbocycles. The van der Waals surface area contributed by atoms with Crippen LogP contribution in [-0.2, 0) is 17.8 Å². The van der Waals surface area contributed by atoms with E-state index in [-0.39, 0.29) is 17.4 Å². The summed E-state index contributed by atoms with van der Waals surface area (Å²) in [5.74, 6) is 0.265. The number of ether oxygens (including phenoxy) is 3. The Bertz CT molecular complexity index is 1980. The number of fused-ring (bicyclic) bond motifs is 3. The number of esters is 1. The molecule has 1 unspecified atom stereocenters. The third-order valence-corrected chi connectivity index (χ3v) is 8.00. The molecule has 0 N–H and O–H groups in total. The number of nitrogens with zero attached hydrogens (tertiary/aromatic N) is 1. The van der Waals surface area contributed by atoms with Gasteiger partial charge in [0.25, 0.3) is 5.56 Å². The van der Waals surface area contributed by atoms with Gasteiger partial charge in [-0.2, -0.15) is 0 Å². The molecule has 8 nitrogen and oxygen atoms in total. The SMILES string of the molecule is COc1ccc(-c2coc3c4c(ccc3c2=O)OC(=O)CC4c2cc3cccc4c3n(c2=O)CCC4)cc1OC. The van der Waals surface area contributed by atoms with Crippen molar-refractivity contribution < 1.29 is 23.4 Å². The molecule has 0 saturated carbocycles. The summed E-state index contributed by atoms with van der Waals surface area (Å²) < 4.78 is 24.3. The summed E-state index contributed by atoms with van der Waals surface area (Å²) >= 11 is 0. The van der Waals surface area contributed by atoms with Gasteiger partial charge in [0.1, 0.15) is 17.6 Å². The fourth-order valence-electron chi connectivity index (χ4n) is 6.16. The van der Waals surface area contributed by atoms with Gasteiger partial charge in [0, 0.05) is 23.6 Å². The zero-order valence-corrected chi connectivity index (χ0v) is 22.0. The molecule has 2 aliphatic heterocycles. The van der Waals surface area contributed by atoms with Crippen LogP contribution in [0.25, 0.3) is 33.0 Å². The maximum Gasteiger partial charge on any atom is 0.312 e. The number of rotatable bonds is 4. The highest BCUT2D eigenvalue weighted by atomic mass is 16.5. The van der Waals surface area contributed by atoms with E-state index in [2.05, 4.69) is 6.07 Å². The lowest BCUT2D eigenvalue weighted by Gasteiger charge is -2.27. The van der Waals surface area contributed by atoms with E-state index in [1.807, 2.05) is 22.8 Å². The Morgan fingerprint density at radius 2 is 1.80 bits per heavy atom. The Morgan fingerprint density at radius 3 is 2.62 bits per heavy atom. The first kappa shape index (κ1) is 24.2. The first-order valence-electron chi connectivity index (χ1n) is 13.2. The van der Waals surface area contributed by atoms with E-state index in [0.717, 1.165) is 29.3 Å². The van der Waals surface area contributed by atoms with Gasteiger partial charge in [-0.25, -0.2) is 0 Å². The third kappa shape index (κ3) is 3.56. The van der Waals surface area contributed by atoms with Crippen LogP contribution < -0.4 is 25.2 Å². The Morgan fingerprint density at radius 1 is 0.950 bits per heavy atom. The van der Waals surface area contributed by atoms with Gasteiger partial charge < -0.3 is 23.2 Å². The number of hydrogen-bond acceptors (Lipinski definition) is 7. The molecule has 7 rings (SSSR count). The van der Waals surface area contributed by atoms with Crippen LogP contribution in [0.4, 0.5) is 0 Å². The molecular formula is C32H25NO7. The minimum atomic E-state index is -0.624. The molecule has 0 saturated heterocycles. The predicted molar refractivity (Wildman–Crippen MR) is 150 cm³/mol. The number of benzene rings is 3. The summed E-state index contributed by atoms with van der Waals surface area (Å²) in [4.78, 5) is 40.3.